The number of ether oxygens (including phenoxy) is 3. The number of para-hydroxylation sites is 1. The Morgan fingerprint density at radius 1 is 0.750 bits per heavy atom. The molecular formula is C27H30N2O3. The van der Waals surface area contributed by atoms with Crippen LogP contribution < -0.4 is 19.9 Å². The van der Waals surface area contributed by atoms with Crippen LogP contribution in [0.5, 0.6) is 23.0 Å². The highest BCUT2D eigenvalue weighted by atomic mass is 16.7. The van der Waals surface area contributed by atoms with E-state index in [0.717, 1.165) is 61.8 Å². The van der Waals surface area contributed by atoms with Crippen molar-refractivity contribution >= 4 is 0 Å². The third-order valence-corrected chi connectivity index (χ3v) is 6.34. The number of hydrogen-bond acceptors (Lipinski definition) is 5. The maximum absolute atomic E-state index is 6.19. The van der Waals surface area contributed by atoms with Gasteiger partial charge >= 0.3 is 0 Å². The standard InChI is InChI=1S/C27H30N2O3/c28-22-10-12-23(13-11-22)29(18-21-9-14-26-27(16-21)31-19-30-26)17-20-5-4-8-25(15-20)32-24-6-2-1-3-7-24/h1-9,14-16,22-23H,10-13,17-19,28H2. The summed E-state index contributed by atoms with van der Waals surface area (Å²) in [4.78, 5) is 2.57. The van der Waals surface area contributed by atoms with E-state index in [0.29, 0.717) is 18.9 Å². The first kappa shape index (κ1) is 20.9. The summed E-state index contributed by atoms with van der Waals surface area (Å²) in [6.45, 7) is 2.03. The molecule has 2 N–H and O–H groups in total. The lowest BCUT2D eigenvalue weighted by Crippen LogP contribution is -2.40. The third kappa shape index (κ3) is 5.06. The van der Waals surface area contributed by atoms with Crippen molar-refractivity contribution in [2.24, 2.45) is 5.73 Å². The first-order valence-corrected chi connectivity index (χ1v) is 11.4. The average Bonchev–Trinajstić information content (AvgIpc) is 3.28. The predicted octanol–water partition coefficient (Wildman–Crippen LogP) is 5.48. The summed E-state index contributed by atoms with van der Waals surface area (Å²) in [5, 5.41) is 0. The Morgan fingerprint density at radius 3 is 2.28 bits per heavy atom. The van der Waals surface area contributed by atoms with Crippen LogP contribution in [-0.4, -0.2) is 23.8 Å². The van der Waals surface area contributed by atoms with Crippen LogP contribution in [0.15, 0.2) is 72.8 Å². The van der Waals surface area contributed by atoms with Gasteiger partial charge in [0.25, 0.3) is 0 Å². The predicted molar refractivity (Wildman–Crippen MR) is 125 cm³/mol. The smallest absolute Gasteiger partial charge is 0.231 e. The van der Waals surface area contributed by atoms with Crippen molar-refractivity contribution in [3.63, 3.8) is 0 Å². The van der Waals surface area contributed by atoms with Gasteiger partial charge in [-0.1, -0.05) is 36.4 Å². The zero-order valence-electron chi connectivity index (χ0n) is 18.3. The molecule has 0 radical (unpaired) electrons. The fourth-order valence-electron chi connectivity index (χ4n) is 4.62. The summed E-state index contributed by atoms with van der Waals surface area (Å²) >= 11 is 0. The van der Waals surface area contributed by atoms with Crippen LogP contribution in [0.2, 0.25) is 0 Å². The Balaban J connectivity index is 1.34. The molecule has 0 spiro atoms. The summed E-state index contributed by atoms with van der Waals surface area (Å²) in [7, 11) is 0. The van der Waals surface area contributed by atoms with Crippen LogP contribution in [0.25, 0.3) is 0 Å². The Hall–Kier alpha value is -3.02. The van der Waals surface area contributed by atoms with E-state index in [1.54, 1.807) is 0 Å². The second kappa shape index (κ2) is 9.63. The summed E-state index contributed by atoms with van der Waals surface area (Å²) in [6.07, 6.45) is 4.43. The van der Waals surface area contributed by atoms with Gasteiger partial charge in [-0.2, -0.15) is 0 Å². The lowest BCUT2D eigenvalue weighted by molar-refractivity contribution is 0.134. The van der Waals surface area contributed by atoms with Gasteiger partial charge in [0, 0.05) is 25.2 Å². The van der Waals surface area contributed by atoms with Gasteiger partial charge in [0.05, 0.1) is 0 Å². The van der Waals surface area contributed by atoms with Gasteiger partial charge in [-0.05, 0) is 73.2 Å². The van der Waals surface area contributed by atoms with Crippen LogP contribution in [0.3, 0.4) is 0 Å². The maximum atomic E-state index is 6.19. The van der Waals surface area contributed by atoms with Crippen molar-refractivity contribution in [3.05, 3.63) is 83.9 Å². The van der Waals surface area contributed by atoms with Crippen LogP contribution in [-0.2, 0) is 13.1 Å². The van der Waals surface area contributed by atoms with Crippen molar-refractivity contribution in [1.29, 1.82) is 0 Å². The Bertz CT molecular complexity index is 1030. The molecule has 0 atom stereocenters. The van der Waals surface area contributed by atoms with E-state index in [-0.39, 0.29) is 0 Å². The Morgan fingerprint density at radius 2 is 1.47 bits per heavy atom. The van der Waals surface area contributed by atoms with Crippen molar-refractivity contribution in [2.75, 3.05) is 6.79 Å². The van der Waals surface area contributed by atoms with Crippen molar-refractivity contribution in [3.8, 4) is 23.0 Å². The van der Waals surface area contributed by atoms with E-state index in [9.17, 15) is 0 Å². The third-order valence-electron chi connectivity index (χ3n) is 6.34. The SMILES string of the molecule is NC1CCC(N(Cc2cccc(Oc3ccccc3)c2)Cc2ccc3c(c2)OCO3)CC1. The molecule has 0 bridgehead atoms. The van der Waals surface area contributed by atoms with Gasteiger partial charge < -0.3 is 19.9 Å². The Kier molecular flexibility index (Phi) is 6.28. The fraction of sp³-hybridized carbons (Fsp3) is 0.333. The number of nitrogens with two attached hydrogens (primary N) is 1. The number of hydrogen-bond donors (Lipinski definition) is 1. The van der Waals surface area contributed by atoms with E-state index < -0.39 is 0 Å². The largest absolute Gasteiger partial charge is 0.457 e. The second-order valence-electron chi connectivity index (χ2n) is 8.72. The molecule has 5 rings (SSSR count). The molecule has 1 heterocycles. The molecule has 3 aromatic carbocycles. The minimum atomic E-state index is 0.303. The molecular weight excluding hydrogens is 400 g/mol. The molecule has 32 heavy (non-hydrogen) atoms. The molecule has 0 aromatic heterocycles. The van der Waals surface area contributed by atoms with E-state index >= 15 is 0 Å². The molecule has 0 amide bonds. The highest BCUT2D eigenvalue weighted by Gasteiger charge is 2.25. The molecule has 5 heteroatoms. The summed E-state index contributed by atoms with van der Waals surface area (Å²) < 4.78 is 17.1. The van der Waals surface area contributed by atoms with Gasteiger partial charge in [0.1, 0.15) is 11.5 Å². The molecule has 1 saturated carbocycles. The first-order valence-electron chi connectivity index (χ1n) is 11.4. The lowest BCUT2D eigenvalue weighted by atomic mass is 9.90. The van der Waals surface area contributed by atoms with Crippen LogP contribution >= 0.6 is 0 Å². The Labute approximate surface area is 189 Å². The van der Waals surface area contributed by atoms with E-state index in [4.69, 9.17) is 19.9 Å². The molecule has 0 unspecified atom stereocenters. The highest BCUT2D eigenvalue weighted by molar-refractivity contribution is 5.44. The van der Waals surface area contributed by atoms with E-state index in [2.05, 4.69) is 35.2 Å². The zero-order chi connectivity index (χ0) is 21.8. The number of nitrogens with zero attached hydrogens (tertiary/aromatic N) is 1. The zero-order valence-corrected chi connectivity index (χ0v) is 18.3. The summed E-state index contributed by atoms with van der Waals surface area (Å²) in [5.41, 5.74) is 8.67. The van der Waals surface area contributed by atoms with Crippen LogP contribution in [0.1, 0.15) is 36.8 Å². The van der Waals surface area contributed by atoms with Crippen molar-refractivity contribution < 1.29 is 14.2 Å². The topological polar surface area (TPSA) is 57.0 Å². The first-order chi connectivity index (χ1) is 15.7. The van der Waals surface area contributed by atoms with Gasteiger partial charge in [-0.25, -0.2) is 0 Å². The van der Waals surface area contributed by atoms with Crippen LogP contribution in [0, 0.1) is 0 Å². The average molecular weight is 431 g/mol. The van der Waals surface area contributed by atoms with E-state index in [1.807, 2.05) is 42.5 Å². The second-order valence-corrected chi connectivity index (χ2v) is 8.72. The molecule has 1 fully saturated rings. The van der Waals surface area contributed by atoms with Gasteiger partial charge in [-0.3, -0.25) is 4.90 Å². The van der Waals surface area contributed by atoms with E-state index in [1.165, 1.54) is 11.1 Å². The fourth-order valence-corrected chi connectivity index (χ4v) is 4.62. The lowest BCUT2D eigenvalue weighted by Gasteiger charge is -2.36. The monoisotopic (exact) mass is 430 g/mol. The molecule has 3 aromatic rings. The van der Waals surface area contributed by atoms with Crippen molar-refractivity contribution in [1.82, 2.24) is 4.90 Å². The maximum Gasteiger partial charge on any atom is 0.231 e. The van der Waals surface area contributed by atoms with Crippen LogP contribution in [0.4, 0.5) is 0 Å². The van der Waals surface area contributed by atoms with Gasteiger partial charge in [0.15, 0.2) is 11.5 Å². The number of fused-ring (bicyclic) bond motifs is 1. The molecule has 1 aliphatic carbocycles. The summed E-state index contributed by atoms with van der Waals surface area (Å²) in [5.74, 6) is 3.38. The molecule has 166 valence electrons. The minimum Gasteiger partial charge on any atom is -0.457 e. The van der Waals surface area contributed by atoms with Gasteiger partial charge in [0.2, 0.25) is 6.79 Å². The van der Waals surface area contributed by atoms with Crippen molar-refractivity contribution in [2.45, 2.75) is 50.9 Å². The normalized spacial score (nSPS) is 19.8. The number of rotatable bonds is 7. The quantitative estimate of drug-likeness (QED) is 0.538. The summed E-state index contributed by atoms with van der Waals surface area (Å²) in [6, 6.07) is 25.4. The molecule has 5 nitrogen and oxygen atoms in total. The molecule has 2 aliphatic rings. The molecule has 0 saturated heterocycles. The molecule has 1 aliphatic heterocycles. The number of benzene rings is 3. The van der Waals surface area contributed by atoms with Gasteiger partial charge in [-0.15, -0.1) is 0 Å². The minimum absolute atomic E-state index is 0.303. The highest BCUT2D eigenvalue weighted by Crippen LogP contribution is 2.34.